The Morgan fingerprint density at radius 3 is 2.68 bits per heavy atom. The van der Waals surface area contributed by atoms with Crippen molar-refractivity contribution < 1.29 is 4.92 Å². The lowest BCUT2D eigenvalue weighted by atomic mass is 9.96. The number of para-hydroxylation sites is 2. The zero-order valence-corrected chi connectivity index (χ0v) is 11.6. The van der Waals surface area contributed by atoms with Crippen molar-refractivity contribution in [2.45, 2.75) is 6.04 Å². The summed E-state index contributed by atoms with van der Waals surface area (Å²) in [4.78, 5) is 14.4. The maximum Gasteiger partial charge on any atom is 0.273 e. The molecule has 1 aliphatic rings. The molecule has 2 N–H and O–H groups in total. The van der Waals surface area contributed by atoms with Gasteiger partial charge in [-0.2, -0.15) is 0 Å². The molecule has 2 aromatic carbocycles. The zero-order chi connectivity index (χ0) is 15.1. The van der Waals surface area contributed by atoms with E-state index in [0.717, 1.165) is 27.7 Å². The highest BCUT2D eigenvalue weighted by atomic mass is 16.6. The molecule has 0 spiro atoms. The molecule has 1 atom stereocenters. The van der Waals surface area contributed by atoms with E-state index in [1.807, 2.05) is 54.7 Å². The molecule has 4 rings (SSSR count). The molecule has 0 radical (unpaired) electrons. The fourth-order valence-electron chi connectivity index (χ4n) is 2.95. The smallest absolute Gasteiger partial charge is 0.273 e. The van der Waals surface area contributed by atoms with Crippen LogP contribution in [0.15, 0.2) is 60.4 Å². The van der Waals surface area contributed by atoms with Gasteiger partial charge in [-0.15, -0.1) is 0 Å². The number of aromatic nitrogens is 1. The van der Waals surface area contributed by atoms with Gasteiger partial charge in [0.05, 0.1) is 4.92 Å². The molecule has 5 heteroatoms. The van der Waals surface area contributed by atoms with E-state index in [9.17, 15) is 10.1 Å². The summed E-state index contributed by atoms with van der Waals surface area (Å²) in [7, 11) is 0. The Kier molecular flexibility index (Phi) is 2.72. The minimum absolute atomic E-state index is 0.156. The lowest BCUT2D eigenvalue weighted by Gasteiger charge is -2.23. The van der Waals surface area contributed by atoms with Crippen LogP contribution in [0.25, 0.3) is 17.0 Å². The number of nitro groups is 1. The van der Waals surface area contributed by atoms with Gasteiger partial charge in [-0.25, -0.2) is 0 Å². The van der Waals surface area contributed by atoms with Gasteiger partial charge in [-0.3, -0.25) is 10.1 Å². The van der Waals surface area contributed by atoms with Crippen LogP contribution in [0.2, 0.25) is 0 Å². The summed E-state index contributed by atoms with van der Waals surface area (Å²) in [5, 5.41) is 15.8. The summed E-state index contributed by atoms with van der Waals surface area (Å²) in [6, 6.07) is 14.9. The van der Waals surface area contributed by atoms with Crippen LogP contribution >= 0.6 is 0 Å². The first-order valence-corrected chi connectivity index (χ1v) is 7.01. The Balaban J connectivity index is 1.89. The Morgan fingerprint density at radius 2 is 1.82 bits per heavy atom. The molecule has 1 aromatic heterocycles. The molecule has 0 aliphatic carbocycles. The van der Waals surface area contributed by atoms with Gasteiger partial charge in [0.25, 0.3) is 5.70 Å². The van der Waals surface area contributed by atoms with Crippen LogP contribution in [0, 0.1) is 10.1 Å². The molecule has 3 aromatic rings. The third kappa shape index (κ3) is 1.87. The maximum atomic E-state index is 11.5. The topological polar surface area (TPSA) is 71.0 Å². The highest BCUT2D eigenvalue weighted by molar-refractivity contribution is 5.85. The fourth-order valence-corrected chi connectivity index (χ4v) is 2.95. The van der Waals surface area contributed by atoms with Crippen molar-refractivity contribution in [2.24, 2.45) is 0 Å². The molecule has 22 heavy (non-hydrogen) atoms. The van der Waals surface area contributed by atoms with Gasteiger partial charge >= 0.3 is 0 Å². The number of nitrogens with one attached hydrogen (secondary N) is 2. The quantitative estimate of drug-likeness (QED) is 0.554. The number of aromatic amines is 1. The second-order valence-corrected chi connectivity index (χ2v) is 5.28. The molecule has 0 saturated carbocycles. The number of H-pyrrole nitrogens is 1. The Morgan fingerprint density at radius 1 is 1.05 bits per heavy atom. The van der Waals surface area contributed by atoms with E-state index < -0.39 is 6.04 Å². The van der Waals surface area contributed by atoms with E-state index in [2.05, 4.69) is 10.3 Å². The second-order valence-electron chi connectivity index (χ2n) is 5.28. The van der Waals surface area contributed by atoms with Gasteiger partial charge in [0.15, 0.2) is 0 Å². The van der Waals surface area contributed by atoms with Gasteiger partial charge in [0.2, 0.25) is 0 Å². The predicted molar refractivity (Wildman–Crippen MR) is 86.1 cm³/mol. The molecular weight excluding hydrogens is 278 g/mol. The molecule has 5 nitrogen and oxygen atoms in total. The summed E-state index contributed by atoms with van der Waals surface area (Å²) in [6.45, 7) is 0. The van der Waals surface area contributed by atoms with Crippen LogP contribution in [-0.2, 0) is 0 Å². The first-order chi connectivity index (χ1) is 10.7. The molecule has 0 fully saturated rings. The van der Waals surface area contributed by atoms with Crippen molar-refractivity contribution >= 4 is 22.7 Å². The Hall–Kier alpha value is -3.08. The maximum absolute atomic E-state index is 11.5. The third-order valence-electron chi connectivity index (χ3n) is 4.00. The van der Waals surface area contributed by atoms with Gasteiger partial charge in [-0.05, 0) is 12.1 Å². The van der Waals surface area contributed by atoms with E-state index in [0.29, 0.717) is 0 Å². The van der Waals surface area contributed by atoms with Gasteiger partial charge < -0.3 is 10.3 Å². The van der Waals surface area contributed by atoms with Crippen LogP contribution in [0.4, 0.5) is 5.69 Å². The lowest BCUT2D eigenvalue weighted by Crippen LogP contribution is -2.21. The standard InChI is InChI=1S/C17H13N3O2/c21-20(22)16-9-11-5-1-3-7-14(11)19-17(16)13-10-18-15-8-4-2-6-12(13)15/h1-10,17-19H. The molecular formula is C17H13N3O2. The lowest BCUT2D eigenvalue weighted by molar-refractivity contribution is -0.427. The summed E-state index contributed by atoms with van der Waals surface area (Å²) in [5.74, 6) is 0. The van der Waals surface area contributed by atoms with Gasteiger partial charge in [0, 0.05) is 40.0 Å². The fraction of sp³-hybridized carbons (Fsp3) is 0.0588. The van der Waals surface area contributed by atoms with Crippen LogP contribution in [0.5, 0.6) is 0 Å². The van der Waals surface area contributed by atoms with E-state index in [-0.39, 0.29) is 10.6 Å². The van der Waals surface area contributed by atoms with Crippen LogP contribution < -0.4 is 5.32 Å². The largest absolute Gasteiger partial charge is 0.368 e. The summed E-state index contributed by atoms with van der Waals surface area (Å²) in [6.07, 6.45) is 3.49. The molecule has 0 saturated heterocycles. The van der Waals surface area contributed by atoms with Crippen LogP contribution in [0.3, 0.4) is 0 Å². The number of nitrogens with zero attached hydrogens (tertiary/aromatic N) is 1. The van der Waals surface area contributed by atoms with Crippen LogP contribution in [0.1, 0.15) is 17.2 Å². The number of benzene rings is 2. The van der Waals surface area contributed by atoms with E-state index in [1.54, 1.807) is 6.08 Å². The first kappa shape index (κ1) is 12.6. The average Bonchev–Trinajstić information content (AvgIpc) is 2.97. The van der Waals surface area contributed by atoms with Gasteiger partial charge in [0.1, 0.15) is 6.04 Å². The number of fused-ring (bicyclic) bond motifs is 2. The normalized spacial score (nSPS) is 16.7. The van der Waals surface area contributed by atoms with E-state index in [1.165, 1.54) is 0 Å². The van der Waals surface area contributed by atoms with Crippen LogP contribution in [-0.4, -0.2) is 9.91 Å². The zero-order valence-electron chi connectivity index (χ0n) is 11.6. The average molecular weight is 291 g/mol. The third-order valence-corrected chi connectivity index (χ3v) is 4.00. The minimum Gasteiger partial charge on any atom is -0.368 e. The van der Waals surface area contributed by atoms with E-state index in [4.69, 9.17) is 0 Å². The van der Waals surface area contributed by atoms with Gasteiger partial charge in [-0.1, -0.05) is 36.4 Å². The number of hydrogen-bond donors (Lipinski definition) is 2. The Labute approximate surface area is 126 Å². The van der Waals surface area contributed by atoms with E-state index >= 15 is 0 Å². The highest BCUT2D eigenvalue weighted by Gasteiger charge is 2.32. The number of hydrogen-bond acceptors (Lipinski definition) is 3. The Bertz CT molecular complexity index is 911. The molecule has 108 valence electrons. The van der Waals surface area contributed by atoms with Crippen molar-refractivity contribution in [3.05, 3.63) is 81.7 Å². The predicted octanol–water partition coefficient (Wildman–Crippen LogP) is 3.95. The van der Waals surface area contributed by atoms with Crippen molar-refractivity contribution in [3.63, 3.8) is 0 Å². The molecule has 2 heterocycles. The first-order valence-electron chi connectivity index (χ1n) is 7.01. The minimum atomic E-state index is -0.471. The van der Waals surface area contributed by atoms with Crippen molar-refractivity contribution in [3.8, 4) is 0 Å². The highest BCUT2D eigenvalue weighted by Crippen LogP contribution is 2.37. The van der Waals surface area contributed by atoms with Crippen molar-refractivity contribution in [2.75, 3.05) is 5.32 Å². The second kappa shape index (κ2) is 4.73. The monoisotopic (exact) mass is 291 g/mol. The van der Waals surface area contributed by atoms with Crippen molar-refractivity contribution in [1.29, 1.82) is 0 Å². The summed E-state index contributed by atoms with van der Waals surface area (Å²) >= 11 is 0. The van der Waals surface area contributed by atoms with Crippen molar-refractivity contribution in [1.82, 2.24) is 4.98 Å². The molecule has 0 amide bonds. The molecule has 1 unspecified atom stereocenters. The summed E-state index contributed by atoms with van der Waals surface area (Å²) in [5.41, 5.74) is 3.76. The number of anilines is 1. The SMILES string of the molecule is O=[N+]([O-])C1=Cc2ccccc2NC1c1c[nH]c2ccccc12. The molecule has 1 aliphatic heterocycles. The summed E-state index contributed by atoms with van der Waals surface area (Å²) < 4.78 is 0. The number of rotatable bonds is 2. The molecule has 0 bridgehead atoms.